The molecule has 2 aromatic heterocycles. The average Bonchev–Trinajstić information content (AvgIpc) is 2.75. The number of carboxylic acid groups (broad SMARTS) is 2. The third kappa shape index (κ3) is 8.77. The number of fused-ring (bicyclic) bond motifs is 1. The Hall–Kier alpha value is -3.30. The van der Waals surface area contributed by atoms with Gasteiger partial charge in [0.1, 0.15) is 6.04 Å². The molecule has 0 saturated carbocycles. The van der Waals surface area contributed by atoms with Gasteiger partial charge in [-0.3, -0.25) is 14.4 Å². The van der Waals surface area contributed by atoms with Crippen molar-refractivity contribution in [1.29, 1.82) is 0 Å². The number of amides is 1. The van der Waals surface area contributed by atoms with E-state index in [1.807, 2.05) is 0 Å². The first kappa shape index (κ1) is 31.7. The van der Waals surface area contributed by atoms with Gasteiger partial charge in [0.15, 0.2) is 11.2 Å². The third-order valence-corrected chi connectivity index (χ3v) is 4.36. The summed E-state index contributed by atoms with van der Waals surface area (Å²) in [5.41, 5.74) is 6.47. The van der Waals surface area contributed by atoms with Gasteiger partial charge in [0, 0.05) is 17.7 Å². The monoisotopic (exact) mass is 519 g/mol. The normalized spacial score (nSPS) is 10.6. The van der Waals surface area contributed by atoms with Crippen LogP contribution in [-0.4, -0.2) is 89.1 Å². The maximum atomic E-state index is 12.3. The average molecular weight is 520 g/mol. The summed E-state index contributed by atoms with van der Waals surface area (Å²) < 4.78 is 0. The number of carbonyl (C=O) groups excluding carboxylic acids is 1. The van der Waals surface area contributed by atoms with Crippen LogP contribution in [0.1, 0.15) is 28.9 Å². The fourth-order valence-electron chi connectivity index (χ4n) is 2.76. The predicted molar refractivity (Wildman–Crippen MR) is 130 cm³/mol. The Morgan fingerprint density at radius 1 is 1.11 bits per heavy atom. The number of hydrogen-bond donors (Lipinski definition) is 6. The van der Waals surface area contributed by atoms with Crippen LogP contribution in [0.2, 0.25) is 0 Å². The number of aliphatic carboxylic acids is 2. The molecule has 0 fully saturated rings. The van der Waals surface area contributed by atoms with Gasteiger partial charge in [-0.2, -0.15) is 4.98 Å². The summed E-state index contributed by atoms with van der Waals surface area (Å²) in [5, 5.41) is 23.2. The molecule has 0 aliphatic rings. The second-order valence-corrected chi connectivity index (χ2v) is 6.71. The number of carboxylic acids is 2. The summed E-state index contributed by atoms with van der Waals surface area (Å²) in [5.74, 6) is -3.16. The van der Waals surface area contributed by atoms with Crippen LogP contribution in [0.15, 0.2) is 35.3 Å². The zero-order valence-corrected chi connectivity index (χ0v) is 18.3. The molecule has 0 aliphatic carbocycles. The van der Waals surface area contributed by atoms with Crippen molar-refractivity contribution in [2.45, 2.75) is 25.4 Å². The summed E-state index contributed by atoms with van der Waals surface area (Å²) >= 11 is 0. The van der Waals surface area contributed by atoms with Crippen molar-refractivity contribution in [2.75, 3.05) is 11.1 Å². The van der Waals surface area contributed by atoms with Crippen molar-refractivity contribution in [2.24, 2.45) is 0 Å². The number of aromatic amines is 1. The van der Waals surface area contributed by atoms with Crippen molar-refractivity contribution in [3.8, 4) is 0 Å². The van der Waals surface area contributed by atoms with Crippen LogP contribution in [0.3, 0.4) is 0 Å². The van der Waals surface area contributed by atoms with Crippen LogP contribution in [0.5, 0.6) is 0 Å². The molecule has 0 aliphatic heterocycles. The molecular formula is C19H23ClN7NaO7. The van der Waals surface area contributed by atoms with Crippen molar-refractivity contribution < 1.29 is 30.1 Å². The molecule has 3 aromatic rings. The van der Waals surface area contributed by atoms with E-state index < -0.39 is 29.4 Å². The van der Waals surface area contributed by atoms with Crippen LogP contribution in [0, 0.1) is 0 Å². The molecule has 35 heavy (non-hydrogen) atoms. The van der Waals surface area contributed by atoms with Gasteiger partial charge in [0.25, 0.3) is 5.91 Å². The van der Waals surface area contributed by atoms with Gasteiger partial charge in [-0.25, -0.2) is 14.8 Å². The quantitative estimate of drug-likeness (QED) is 0.185. The van der Waals surface area contributed by atoms with E-state index in [0.29, 0.717) is 11.4 Å². The summed E-state index contributed by atoms with van der Waals surface area (Å²) in [6.07, 6.45) is 0.858. The summed E-state index contributed by atoms with van der Waals surface area (Å²) in [4.78, 5) is 60.5. The zero-order chi connectivity index (χ0) is 23.3. The maximum absolute atomic E-state index is 12.3. The second kappa shape index (κ2) is 14.2. The molecule has 1 aromatic carbocycles. The predicted octanol–water partition coefficient (Wildman–Crippen LogP) is -1.10. The first-order valence-electron chi connectivity index (χ1n) is 9.33. The Balaban J connectivity index is 0.00000385. The molecule has 0 bridgehead atoms. The van der Waals surface area contributed by atoms with E-state index in [1.54, 1.807) is 12.1 Å². The number of hydrogen-bond acceptors (Lipinski definition) is 9. The van der Waals surface area contributed by atoms with Gasteiger partial charge in [-0.1, -0.05) is 0 Å². The Bertz CT molecular complexity index is 1240. The van der Waals surface area contributed by atoms with Crippen LogP contribution in [0.25, 0.3) is 11.2 Å². The number of rotatable bonds is 9. The molecule has 0 radical (unpaired) electrons. The topological polar surface area (TPSA) is 245 Å². The zero-order valence-electron chi connectivity index (χ0n) is 17.4. The minimum atomic E-state index is -1.31. The van der Waals surface area contributed by atoms with Crippen LogP contribution >= 0.6 is 12.4 Å². The molecular weight excluding hydrogens is 497 g/mol. The van der Waals surface area contributed by atoms with E-state index in [1.165, 1.54) is 18.3 Å². The molecule has 1 atom stereocenters. The number of H-pyrrole nitrogens is 1. The molecule has 1 amide bonds. The molecule has 9 N–H and O–H groups in total. The Morgan fingerprint density at radius 3 is 2.37 bits per heavy atom. The van der Waals surface area contributed by atoms with Gasteiger partial charge in [0.2, 0.25) is 5.95 Å². The van der Waals surface area contributed by atoms with E-state index in [9.17, 15) is 19.2 Å². The SMILES string of the molecule is Cl.Nc1nc(=O)c2nc(CNc3ccc(C(=O)N[C@@H](CCC(=O)O)C(=O)O)cc3)cnc2[nH]1.O.[NaH]. The molecule has 16 heteroatoms. The van der Waals surface area contributed by atoms with E-state index in [4.69, 9.17) is 15.9 Å². The molecule has 0 unspecified atom stereocenters. The summed E-state index contributed by atoms with van der Waals surface area (Å²) in [7, 11) is 0. The van der Waals surface area contributed by atoms with Gasteiger partial charge in [-0.15, -0.1) is 12.4 Å². The fourth-order valence-corrected chi connectivity index (χ4v) is 2.76. The van der Waals surface area contributed by atoms with Gasteiger partial charge in [0.05, 0.1) is 18.4 Å². The van der Waals surface area contributed by atoms with Crippen LogP contribution in [-0.2, 0) is 16.1 Å². The summed E-state index contributed by atoms with van der Waals surface area (Å²) in [6, 6.07) is 4.86. The first-order chi connectivity index (χ1) is 15.2. The minimum absolute atomic E-state index is 0. The molecule has 0 spiro atoms. The Kier molecular flexibility index (Phi) is 12.8. The van der Waals surface area contributed by atoms with Gasteiger partial charge < -0.3 is 37.0 Å². The number of benzene rings is 1. The first-order valence-corrected chi connectivity index (χ1v) is 9.33. The van der Waals surface area contributed by atoms with Gasteiger partial charge in [-0.05, 0) is 30.7 Å². The summed E-state index contributed by atoms with van der Waals surface area (Å²) in [6.45, 7) is 0.231. The molecule has 3 rings (SSSR count). The number of nitrogens with two attached hydrogens (primary N) is 1. The Labute approximate surface area is 225 Å². The van der Waals surface area contributed by atoms with Crippen molar-refractivity contribution >= 4 is 82.6 Å². The number of aromatic nitrogens is 4. The van der Waals surface area contributed by atoms with Crippen molar-refractivity contribution in [1.82, 2.24) is 25.3 Å². The van der Waals surface area contributed by atoms with Crippen molar-refractivity contribution in [3.63, 3.8) is 0 Å². The van der Waals surface area contributed by atoms with Crippen LogP contribution in [0.4, 0.5) is 11.6 Å². The standard InChI is InChI=1S/C19H19N7O6.ClH.Na.H2O.H/c20-19-25-15-14(17(30)26-19)23-11(8-22-15)7-21-10-3-1-9(2-4-10)16(29)24-12(18(31)32)5-6-13(27)28;;;;/h1-4,8,12,21H,5-7H2,(H,24,29)(H,27,28)(H,31,32)(H3,20,22,25,26,30);1H;;1H2;/t12-;;;;/m0..../s1. The molecule has 2 heterocycles. The van der Waals surface area contributed by atoms with E-state index >= 15 is 0 Å². The molecule has 184 valence electrons. The fraction of sp³-hybridized carbons (Fsp3) is 0.211. The number of nitrogens with zero attached hydrogens (tertiary/aromatic N) is 3. The molecule has 0 saturated heterocycles. The van der Waals surface area contributed by atoms with E-state index in [2.05, 4.69) is 30.6 Å². The number of carbonyl (C=O) groups is 3. The molecule has 14 nitrogen and oxygen atoms in total. The van der Waals surface area contributed by atoms with E-state index in [-0.39, 0.29) is 89.5 Å². The number of anilines is 2. The van der Waals surface area contributed by atoms with E-state index in [0.717, 1.165) is 0 Å². The van der Waals surface area contributed by atoms with Gasteiger partial charge >= 0.3 is 47.1 Å². The number of nitrogen functional groups attached to an aromatic ring is 1. The number of nitrogens with one attached hydrogen (secondary N) is 3. The number of halogens is 1. The second-order valence-electron chi connectivity index (χ2n) is 6.71. The Morgan fingerprint density at radius 2 is 1.77 bits per heavy atom. The van der Waals surface area contributed by atoms with Crippen molar-refractivity contribution in [3.05, 3.63) is 52.1 Å². The van der Waals surface area contributed by atoms with Crippen LogP contribution < -0.4 is 21.9 Å². The third-order valence-electron chi connectivity index (χ3n) is 4.36.